The molecular weight excluding hydrogens is 706 g/mol. The topological polar surface area (TPSA) is 136 Å². The summed E-state index contributed by atoms with van der Waals surface area (Å²) in [5.74, 6) is -0.284. The normalized spacial score (nSPS) is 15.3. The van der Waals surface area contributed by atoms with E-state index in [4.69, 9.17) is 11.6 Å². The van der Waals surface area contributed by atoms with Crippen LogP contribution in [0.25, 0.3) is 21.8 Å². The Kier molecular flexibility index (Phi) is 11.6. The number of halogens is 1. The lowest BCUT2D eigenvalue weighted by Crippen LogP contribution is -2.26. The summed E-state index contributed by atoms with van der Waals surface area (Å²) in [5.41, 5.74) is 4.82. The molecule has 2 aliphatic carbocycles. The van der Waals surface area contributed by atoms with Crippen LogP contribution >= 0.6 is 11.6 Å². The fourth-order valence-corrected chi connectivity index (χ4v) is 8.02. The Balaban J connectivity index is 0.000000193. The minimum absolute atomic E-state index is 0.0424. The van der Waals surface area contributed by atoms with Crippen molar-refractivity contribution in [2.24, 2.45) is 0 Å². The Morgan fingerprint density at radius 3 is 1.52 bits per heavy atom. The number of carboxylic acids is 1. The van der Waals surface area contributed by atoms with Crippen LogP contribution in [0.2, 0.25) is 5.02 Å². The molecule has 0 aliphatic heterocycles. The molecule has 280 valence electrons. The SMILES string of the molecule is CCn1c(=O)cc(C2CCC(=O)CC2)c2cc(C(=O)N(C)c3ccc(Cl)cc3)ccc21.CCn1c(=O)cc(C2CCC(=O)CC2)c2cc(C(=O)O)ccc21. The van der Waals surface area contributed by atoms with Crippen molar-refractivity contribution < 1.29 is 24.3 Å². The van der Waals surface area contributed by atoms with Crippen molar-refractivity contribution in [3.05, 3.63) is 121 Å². The Bertz CT molecular complexity index is 2380. The zero-order valence-electron chi connectivity index (χ0n) is 30.8. The third-order valence-electron chi connectivity index (χ3n) is 10.9. The zero-order chi connectivity index (χ0) is 38.7. The van der Waals surface area contributed by atoms with Crippen LogP contribution < -0.4 is 16.0 Å². The van der Waals surface area contributed by atoms with Gasteiger partial charge in [0, 0.05) is 85.0 Å². The lowest BCUT2D eigenvalue weighted by molar-refractivity contribution is -0.121. The molecule has 0 bridgehead atoms. The lowest BCUT2D eigenvalue weighted by atomic mass is 9.82. The third-order valence-corrected chi connectivity index (χ3v) is 11.1. The van der Waals surface area contributed by atoms with Crippen LogP contribution in [0.5, 0.6) is 0 Å². The van der Waals surface area contributed by atoms with Gasteiger partial charge in [0.15, 0.2) is 0 Å². The van der Waals surface area contributed by atoms with Crippen molar-refractivity contribution in [2.75, 3.05) is 11.9 Å². The van der Waals surface area contributed by atoms with Crippen molar-refractivity contribution in [3.8, 4) is 0 Å². The van der Waals surface area contributed by atoms with Crippen LogP contribution in [0.3, 0.4) is 0 Å². The molecule has 2 heterocycles. The molecule has 7 rings (SSSR count). The van der Waals surface area contributed by atoms with E-state index in [9.17, 15) is 33.9 Å². The molecule has 2 saturated carbocycles. The Hall–Kier alpha value is -5.35. The number of hydrogen-bond donors (Lipinski definition) is 1. The predicted octanol–water partition coefficient (Wildman–Crippen LogP) is 8.12. The highest BCUT2D eigenvalue weighted by atomic mass is 35.5. The number of nitrogens with zero attached hydrogens (tertiary/aromatic N) is 3. The summed E-state index contributed by atoms with van der Waals surface area (Å²) < 4.78 is 3.38. The Labute approximate surface area is 318 Å². The number of benzene rings is 3. The standard InChI is InChI=1S/C25H25ClN2O3.C18H19NO4/c1-3-28-23-13-6-17(25(31)27(2)19-9-7-18(26)8-10-19)14-22(23)21(15-24(28)30)16-4-11-20(29)12-5-16;1-2-19-16-8-5-12(18(22)23)9-15(16)14(10-17(19)21)11-3-6-13(20)7-4-11/h6-10,13-16H,3-5,11-12H2,1-2H3;5,8-11H,2-4,6-7H2,1H3,(H,22,23). The summed E-state index contributed by atoms with van der Waals surface area (Å²) in [7, 11) is 1.73. The van der Waals surface area contributed by atoms with Crippen molar-refractivity contribution in [2.45, 2.75) is 90.1 Å². The van der Waals surface area contributed by atoms with Gasteiger partial charge in [-0.25, -0.2) is 4.79 Å². The first-order valence-electron chi connectivity index (χ1n) is 18.5. The number of amides is 1. The third kappa shape index (κ3) is 7.94. The largest absolute Gasteiger partial charge is 0.478 e. The first-order valence-corrected chi connectivity index (χ1v) is 18.9. The maximum atomic E-state index is 13.2. The van der Waals surface area contributed by atoms with Gasteiger partial charge >= 0.3 is 5.97 Å². The molecule has 0 saturated heterocycles. The fraction of sp³-hybridized carbons (Fsp3) is 0.349. The molecule has 2 aromatic heterocycles. The van der Waals surface area contributed by atoms with Crippen LogP contribution in [0.4, 0.5) is 5.69 Å². The lowest BCUT2D eigenvalue weighted by Gasteiger charge is -2.24. The number of aromatic carboxylic acids is 1. The highest BCUT2D eigenvalue weighted by Gasteiger charge is 2.26. The number of hydrogen-bond acceptors (Lipinski definition) is 6. The van der Waals surface area contributed by atoms with Crippen LogP contribution in [-0.4, -0.2) is 44.7 Å². The number of carbonyl (C=O) groups excluding carboxylic acids is 3. The summed E-state index contributed by atoms with van der Waals surface area (Å²) in [5, 5.41) is 11.6. The molecule has 0 atom stereocenters. The van der Waals surface area contributed by atoms with Gasteiger partial charge in [-0.15, -0.1) is 0 Å². The molecule has 1 N–H and O–H groups in total. The smallest absolute Gasteiger partial charge is 0.335 e. The van der Waals surface area contributed by atoms with E-state index < -0.39 is 5.97 Å². The number of Topliss-reactive ketones (excluding diaryl/α,β-unsaturated/α-hetero) is 2. The van der Waals surface area contributed by atoms with E-state index in [2.05, 4.69) is 0 Å². The van der Waals surface area contributed by atoms with Crippen LogP contribution in [0.1, 0.15) is 109 Å². The number of fused-ring (bicyclic) bond motifs is 2. The van der Waals surface area contributed by atoms with E-state index >= 15 is 0 Å². The average molecular weight is 750 g/mol. The summed E-state index contributed by atoms with van der Waals surface area (Å²) in [4.78, 5) is 74.4. The molecule has 0 radical (unpaired) electrons. The predicted molar refractivity (Wildman–Crippen MR) is 211 cm³/mol. The molecule has 54 heavy (non-hydrogen) atoms. The van der Waals surface area contributed by atoms with Crippen molar-refractivity contribution in [3.63, 3.8) is 0 Å². The monoisotopic (exact) mass is 749 g/mol. The zero-order valence-corrected chi connectivity index (χ0v) is 31.5. The summed E-state index contributed by atoms with van der Waals surface area (Å²) in [6.45, 7) is 4.92. The van der Waals surface area contributed by atoms with Gasteiger partial charge in [0.2, 0.25) is 0 Å². The van der Waals surface area contributed by atoms with Crippen molar-refractivity contribution >= 4 is 62.5 Å². The average Bonchev–Trinajstić information content (AvgIpc) is 3.17. The minimum atomic E-state index is -0.981. The molecule has 0 spiro atoms. The van der Waals surface area contributed by atoms with Crippen LogP contribution in [-0.2, 0) is 22.7 Å². The number of ketones is 2. The molecule has 5 aromatic rings. The second-order valence-electron chi connectivity index (χ2n) is 14.1. The molecule has 11 heteroatoms. The Morgan fingerprint density at radius 2 is 1.09 bits per heavy atom. The second-order valence-corrected chi connectivity index (χ2v) is 14.5. The van der Waals surface area contributed by atoms with E-state index in [-0.39, 0.29) is 46.0 Å². The molecular formula is C43H44ClN3O7. The maximum absolute atomic E-state index is 13.2. The van der Waals surface area contributed by atoms with Crippen molar-refractivity contribution in [1.82, 2.24) is 9.13 Å². The van der Waals surface area contributed by atoms with Gasteiger partial charge in [-0.3, -0.25) is 24.0 Å². The van der Waals surface area contributed by atoms with E-state index in [0.717, 1.165) is 64.3 Å². The molecule has 2 aliphatic rings. The molecule has 0 unspecified atom stereocenters. The number of carboxylic acid groups (broad SMARTS) is 1. The number of aromatic nitrogens is 2. The van der Waals surface area contributed by atoms with Gasteiger partial charge in [0.25, 0.3) is 17.0 Å². The van der Waals surface area contributed by atoms with E-state index in [1.807, 2.05) is 26.0 Å². The number of rotatable bonds is 7. The van der Waals surface area contributed by atoms with Crippen LogP contribution in [0, 0.1) is 0 Å². The highest BCUT2D eigenvalue weighted by molar-refractivity contribution is 6.30. The molecule has 3 aromatic carbocycles. The molecule has 10 nitrogen and oxygen atoms in total. The number of anilines is 1. The van der Waals surface area contributed by atoms with Gasteiger partial charge in [0.05, 0.1) is 16.6 Å². The molecule has 1 amide bonds. The highest BCUT2D eigenvalue weighted by Crippen LogP contribution is 2.36. The van der Waals surface area contributed by atoms with E-state index in [1.165, 1.54) is 6.07 Å². The van der Waals surface area contributed by atoms with Gasteiger partial charge in [-0.2, -0.15) is 0 Å². The van der Waals surface area contributed by atoms with E-state index in [0.29, 0.717) is 49.4 Å². The minimum Gasteiger partial charge on any atom is -0.478 e. The van der Waals surface area contributed by atoms with Gasteiger partial charge in [-0.1, -0.05) is 11.6 Å². The number of carbonyl (C=O) groups is 4. The Morgan fingerprint density at radius 1 is 0.667 bits per heavy atom. The summed E-state index contributed by atoms with van der Waals surface area (Å²) in [6, 6.07) is 20.9. The van der Waals surface area contributed by atoms with Gasteiger partial charge in [0.1, 0.15) is 11.6 Å². The second kappa shape index (κ2) is 16.3. The number of pyridine rings is 2. The number of aryl methyl sites for hydroxylation is 2. The summed E-state index contributed by atoms with van der Waals surface area (Å²) in [6.07, 6.45) is 5.07. The van der Waals surface area contributed by atoms with Gasteiger partial charge < -0.3 is 19.1 Å². The van der Waals surface area contributed by atoms with Crippen molar-refractivity contribution in [1.29, 1.82) is 0 Å². The quantitative estimate of drug-likeness (QED) is 0.178. The first-order chi connectivity index (χ1) is 25.9. The molecule has 2 fully saturated rings. The summed E-state index contributed by atoms with van der Waals surface area (Å²) >= 11 is 5.97. The maximum Gasteiger partial charge on any atom is 0.335 e. The first kappa shape index (κ1) is 38.4. The van der Waals surface area contributed by atoms with E-state index in [1.54, 1.807) is 75.7 Å². The fourth-order valence-electron chi connectivity index (χ4n) is 7.89. The van der Waals surface area contributed by atoms with Gasteiger partial charge in [-0.05, 0) is 123 Å². The van der Waals surface area contributed by atoms with Crippen LogP contribution in [0.15, 0.2) is 82.4 Å².